The van der Waals surface area contributed by atoms with Crippen molar-refractivity contribution >= 4 is 5.78 Å². The number of carbonyl (C=O) groups is 1. The number of benzene rings is 1. The van der Waals surface area contributed by atoms with E-state index in [4.69, 9.17) is 9.47 Å². The van der Waals surface area contributed by atoms with E-state index in [0.717, 1.165) is 31.0 Å². The van der Waals surface area contributed by atoms with Gasteiger partial charge in [-0.2, -0.15) is 0 Å². The van der Waals surface area contributed by atoms with Crippen LogP contribution in [-0.4, -0.2) is 37.5 Å². The van der Waals surface area contributed by atoms with E-state index in [0.29, 0.717) is 18.4 Å². The van der Waals surface area contributed by atoms with Crippen LogP contribution in [0.1, 0.15) is 29.9 Å². The Labute approximate surface area is 124 Å². The van der Waals surface area contributed by atoms with Crippen LogP contribution in [0, 0.1) is 0 Å². The van der Waals surface area contributed by atoms with Crippen LogP contribution in [0.2, 0.25) is 0 Å². The highest BCUT2D eigenvalue weighted by atomic mass is 16.5. The normalized spacial score (nSPS) is 29.5. The highest BCUT2D eigenvalue weighted by molar-refractivity contribution is 5.92. The van der Waals surface area contributed by atoms with Crippen molar-refractivity contribution < 1.29 is 14.3 Å². The second-order valence-corrected chi connectivity index (χ2v) is 6.05. The van der Waals surface area contributed by atoms with Crippen LogP contribution in [0.25, 0.3) is 0 Å². The molecule has 3 aliphatic rings. The summed E-state index contributed by atoms with van der Waals surface area (Å²) in [4.78, 5) is 14.3. The van der Waals surface area contributed by atoms with E-state index in [1.165, 1.54) is 16.7 Å². The van der Waals surface area contributed by atoms with Crippen LogP contribution in [0.4, 0.5) is 0 Å². The Morgan fingerprint density at radius 3 is 2.71 bits per heavy atom. The lowest BCUT2D eigenvalue weighted by molar-refractivity contribution is -0.115. The summed E-state index contributed by atoms with van der Waals surface area (Å²) >= 11 is 0. The first-order valence-corrected chi connectivity index (χ1v) is 7.44. The zero-order valence-electron chi connectivity index (χ0n) is 12.4. The van der Waals surface area contributed by atoms with Crippen LogP contribution in [-0.2, 0) is 11.3 Å². The first-order chi connectivity index (χ1) is 10.2. The molecule has 0 N–H and O–H groups in total. The predicted molar refractivity (Wildman–Crippen MR) is 78.8 cm³/mol. The van der Waals surface area contributed by atoms with Gasteiger partial charge in [0.25, 0.3) is 0 Å². The summed E-state index contributed by atoms with van der Waals surface area (Å²) in [7, 11) is 3.34. The molecule has 1 unspecified atom stereocenters. The van der Waals surface area contributed by atoms with Crippen molar-refractivity contribution in [1.82, 2.24) is 4.90 Å². The first kappa shape index (κ1) is 12.9. The molecular formula is C17H19NO3. The summed E-state index contributed by atoms with van der Waals surface area (Å²) in [5, 5.41) is 0. The minimum absolute atomic E-state index is 0.275. The van der Waals surface area contributed by atoms with Crippen molar-refractivity contribution in [2.24, 2.45) is 0 Å². The van der Waals surface area contributed by atoms with Crippen molar-refractivity contribution in [1.29, 1.82) is 0 Å². The molecule has 1 aromatic carbocycles. The standard InChI is InChI=1S/C17H19NO3/c1-20-16-5-10-8-18-9-14(12(10)7-17(16)21-2)13-6-11(19)3-4-15(13)18/h5-7,14-15H,3-4,8-9H2,1-2H3/t14-,15-/m0/s1. The van der Waals surface area contributed by atoms with E-state index in [2.05, 4.69) is 17.0 Å². The van der Waals surface area contributed by atoms with Gasteiger partial charge in [0, 0.05) is 31.5 Å². The number of rotatable bonds is 2. The van der Waals surface area contributed by atoms with E-state index < -0.39 is 0 Å². The SMILES string of the molecule is COc1cc2c(cc1OC)[C@@H]1CN(C2)[C@H]2CCC(=O)C=C12. The van der Waals surface area contributed by atoms with E-state index in [-0.39, 0.29) is 5.78 Å². The van der Waals surface area contributed by atoms with Gasteiger partial charge in [-0.05, 0) is 41.3 Å². The number of nitrogens with zero attached hydrogens (tertiary/aromatic N) is 1. The van der Waals surface area contributed by atoms with Crippen molar-refractivity contribution in [3.63, 3.8) is 0 Å². The fourth-order valence-corrected chi connectivity index (χ4v) is 4.06. The molecule has 1 saturated heterocycles. The third kappa shape index (κ3) is 1.82. The maximum absolute atomic E-state index is 11.8. The van der Waals surface area contributed by atoms with Gasteiger partial charge in [0.1, 0.15) is 0 Å². The Bertz CT molecular complexity index is 650. The largest absolute Gasteiger partial charge is 0.493 e. The molecule has 0 aromatic heterocycles. The van der Waals surface area contributed by atoms with Crippen molar-refractivity contribution in [3.8, 4) is 11.5 Å². The number of ether oxygens (including phenoxy) is 2. The van der Waals surface area contributed by atoms with Gasteiger partial charge >= 0.3 is 0 Å². The Hall–Kier alpha value is -1.81. The second-order valence-electron chi connectivity index (χ2n) is 6.05. The number of hydrogen-bond donors (Lipinski definition) is 0. The molecule has 3 atom stereocenters. The molecular weight excluding hydrogens is 266 g/mol. The van der Waals surface area contributed by atoms with E-state index in [9.17, 15) is 4.79 Å². The predicted octanol–water partition coefficient (Wildman–Crippen LogP) is 2.27. The topological polar surface area (TPSA) is 38.8 Å². The molecule has 110 valence electrons. The summed E-state index contributed by atoms with van der Waals surface area (Å²) in [5.41, 5.74) is 3.90. The van der Waals surface area contributed by atoms with Crippen molar-refractivity contribution in [2.75, 3.05) is 20.8 Å². The number of fused-ring (bicyclic) bond motifs is 7. The van der Waals surface area contributed by atoms with Gasteiger partial charge in [-0.15, -0.1) is 0 Å². The second kappa shape index (κ2) is 4.60. The molecule has 4 nitrogen and oxygen atoms in total. The molecule has 0 saturated carbocycles. The summed E-state index contributed by atoms with van der Waals surface area (Å²) in [6, 6.07) is 4.63. The quantitative estimate of drug-likeness (QED) is 0.835. The highest BCUT2D eigenvalue weighted by Gasteiger charge is 2.44. The monoisotopic (exact) mass is 285 g/mol. The third-order valence-corrected chi connectivity index (χ3v) is 5.03. The minimum atomic E-state index is 0.275. The lowest BCUT2D eigenvalue weighted by Crippen LogP contribution is -2.32. The van der Waals surface area contributed by atoms with E-state index in [1.54, 1.807) is 14.2 Å². The van der Waals surface area contributed by atoms with Crippen LogP contribution in [0.3, 0.4) is 0 Å². The Kier molecular flexibility index (Phi) is 2.82. The summed E-state index contributed by atoms with van der Waals surface area (Å²) in [6.45, 7) is 1.95. The van der Waals surface area contributed by atoms with Crippen molar-refractivity contribution in [3.05, 3.63) is 34.9 Å². The highest BCUT2D eigenvalue weighted by Crippen LogP contribution is 2.48. The van der Waals surface area contributed by atoms with Crippen molar-refractivity contribution in [2.45, 2.75) is 31.3 Å². The molecule has 2 heterocycles. The van der Waals surface area contributed by atoms with Gasteiger partial charge in [0.2, 0.25) is 0 Å². The molecule has 1 aliphatic carbocycles. The Balaban J connectivity index is 1.84. The van der Waals surface area contributed by atoms with Gasteiger partial charge < -0.3 is 9.47 Å². The van der Waals surface area contributed by atoms with Gasteiger partial charge in [-0.1, -0.05) is 0 Å². The fraction of sp³-hybridized carbons (Fsp3) is 0.471. The zero-order valence-corrected chi connectivity index (χ0v) is 12.4. The zero-order chi connectivity index (χ0) is 14.6. The number of allylic oxidation sites excluding steroid dienone is 1. The number of carbonyl (C=O) groups excluding carboxylic acids is 1. The molecule has 1 aromatic rings. The third-order valence-electron chi connectivity index (χ3n) is 5.03. The van der Waals surface area contributed by atoms with Crippen LogP contribution >= 0.6 is 0 Å². The number of ketones is 1. The number of hydrogen-bond acceptors (Lipinski definition) is 4. The van der Waals surface area contributed by atoms with E-state index in [1.807, 2.05) is 6.08 Å². The average molecular weight is 285 g/mol. The van der Waals surface area contributed by atoms with E-state index >= 15 is 0 Å². The van der Waals surface area contributed by atoms with Crippen LogP contribution < -0.4 is 9.47 Å². The summed E-state index contributed by atoms with van der Waals surface area (Å²) in [6.07, 6.45) is 3.54. The average Bonchev–Trinajstić information content (AvgIpc) is 2.79. The van der Waals surface area contributed by atoms with Gasteiger partial charge in [-0.25, -0.2) is 0 Å². The Morgan fingerprint density at radius 2 is 1.95 bits per heavy atom. The fourth-order valence-electron chi connectivity index (χ4n) is 4.06. The Morgan fingerprint density at radius 1 is 1.19 bits per heavy atom. The molecule has 0 spiro atoms. The van der Waals surface area contributed by atoms with Gasteiger partial charge in [0.05, 0.1) is 14.2 Å². The molecule has 21 heavy (non-hydrogen) atoms. The molecule has 0 amide bonds. The molecule has 0 radical (unpaired) electrons. The summed E-state index contributed by atoms with van der Waals surface area (Å²) < 4.78 is 10.9. The molecule has 4 heteroatoms. The lowest BCUT2D eigenvalue weighted by Gasteiger charge is -2.28. The molecule has 2 bridgehead atoms. The minimum Gasteiger partial charge on any atom is -0.493 e. The van der Waals surface area contributed by atoms with Crippen LogP contribution in [0.15, 0.2) is 23.8 Å². The maximum Gasteiger partial charge on any atom is 0.161 e. The van der Waals surface area contributed by atoms with Gasteiger partial charge in [0.15, 0.2) is 17.3 Å². The molecule has 4 rings (SSSR count). The maximum atomic E-state index is 11.8. The number of methoxy groups -OCH3 is 2. The van der Waals surface area contributed by atoms with Crippen LogP contribution in [0.5, 0.6) is 11.5 Å². The van der Waals surface area contributed by atoms with Gasteiger partial charge in [-0.3, -0.25) is 9.69 Å². The smallest absolute Gasteiger partial charge is 0.161 e. The molecule has 1 fully saturated rings. The molecule has 2 aliphatic heterocycles. The first-order valence-electron chi connectivity index (χ1n) is 7.44. The summed E-state index contributed by atoms with van der Waals surface area (Å²) in [5.74, 6) is 2.17. The lowest BCUT2D eigenvalue weighted by atomic mass is 9.83.